The summed E-state index contributed by atoms with van der Waals surface area (Å²) >= 11 is 0. The molecule has 0 aromatic carbocycles. The lowest BCUT2D eigenvalue weighted by Gasteiger charge is -2.16. The van der Waals surface area contributed by atoms with E-state index in [1.165, 1.54) is 83.2 Å². The Morgan fingerprint density at radius 3 is 1.53 bits per heavy atom. The van der Waals surface area contributed by atoms with Crippen molar-refractivity contribution >= 4 is 9.24 Å². The molecule has 1 atom stereocenters. The van der Waals surface area contributed by atoms with Gasteiger partial charge in [0, 0.05) is 0 Å². The molecule has 0 aliphatic rings. The molecule has 0 spiro atoms. The maximum Gasteiger partial charge on any atom is -0.0381 e. The number of unbranched alkanes of at least 4 members (excludes halogenated alkanes) is 6. The fourth-order valence-corrected chi connectivity index (χ4v) is 2.84. The zero-order valence-corrected chi connectivity index (χ0v) is 13.5. The third kappa shape index (κ3) is 12.7. The van der Waals surface area contributed by atoms with Crippen LogP contribution < -0.4 is 0 Å². The summed E-state index contributed by atoms with van der Waals surface area (Å²) in [4.78, 5) is 0. The van der Waals surface area contributed by atoms with Gasteiger partial charge in [-0.15, -0.1) is 9.24 Å². The van der Waals surface area contributed by atoms with Gasteiger partial charge in [0.2, 0.25) is 0 Å². The van der Waals surface area contributed by atoms with E-state index in [0.29, 0.717) is 0 Å². The fourth-order valence-electron chi connectivity index (χ4n) is 2.55. The molecule has 0 saturated heterocycles. The van der Waals surface area contributed by atoms with Gasteiger partial charge < -0.3 is 0 Å². The Balaban J connectivity index is 3.60. The maximum absolute atomic E-state index is 2.84. The number of rotatable bonds is 13. The van der Waals surface area contributed by atoms with Crippen molar-refractivity contribution in [3.63, 3.8) is 0 Å². The summed E-state index contributed by atoms with van der Waals surface area (Å²) in [6, 6.07) is 0. The molecule has 0 aromatic rings. The second-order valence-electron chi connectivity index (χ2n) is 5.50. The van der Waals surface area contributed by atoms with Gasteiger partial charge in [0.25, 0.3) is 0 Å². The van der Waals surface area contributed by atoms with Crippen LogP contribution in [0.25, 0.3) is 0 Å². The Bertz CT molecular complexity index is 123. The van der Waals surface area contributed by atoms with Gasteiger partial charge in [0.1, 0.15) is 0 Å². The highest BCUT2D eigenvalue weighted by Crippen LogP contribution is 2.23. The summed E-state index contributed by atoms with van der Waals surface area (Å²) in [7, 11) is 2.84. The highest BCUT2D eigenvalue weighted by molar-refractivity contribution is 7.16. The van der Waals surface area contributed by atoms with Gasteiger partial charge in [-0.25, -0.2) is 0 Å². The molecule has 0 bridgehead atoms. The average Bonchev–Trinajstić information content (AvgIpc) is 2.34. The van der Waals surface area contributed by atoms with E-state index in [9.17, 15) is 0 Å². The summed E-state index contributed by atoms with van der Waals surface area (Å²) in [5.74, 6) is 1.04. The molecule has 0 radical (unpaired) electrons. The molecule has 0 amide bonds. The van der Waals surface area contributed by atoms with Crippen molar-refractivity contribution in [2.45, 2.75) is 90.9 Å². The molecule has 0 aliphatic heterocycles. The Morgan fingerprint density at radius 1 is 0.647 bits per heavy atom. The van der Waals surface area contributed by atoms with Crippen molar-refractivity contribution in [2.24, 2.45) is 5.92 Å². The van der Waals surface area contributed by atoms with Gasteiger partial charge in [-0.1, -0.05) is 84.5 Å². The summed E-state index contributed by atoms with van der Waals surface area (Å²) in [5, 5.41) is 0. The minimum Gasteiger partial charge on any atom is -0.138 e. The quantitative estimate of drug-likeness (QED) is 0.272. The molecule has 0 N–H and O–H groups in total. The molecule has 17 heavy (non-hydrogen) atoms. The van der Waals surface area contributed by atoms with Crippen molar-refractivity contribution in [3.8, 4) is 0 Å². The van der Waals surface area contributed by atoms with Crippen LogP contribution in [0.2, 0.25) is 0 Å². The second-order valence-corrected chi connectivity index (χ2v) is 6.07. The van der Waals surface area contributed by atoms with Crippen LogP contribution in [-0.4, -0.2) is 6.16 Å². The molecule has 104 valence electrons. The molecule has 0 nitrogen and oxygen atoms in total. The lowest BCUT2D eigenvalue weighted by molar-refractivity contribution is 0.373. The Hall–Kier alpha value is 0.430. The standard InChI is InChI=1S/C16H35P/c1-3-5-8-12-16(13-9-6-4-2)14-10-7-11-15-17/h16H,3-15,17H2,1-2H3. The SMILES string of the molecule is CCCCCC(CCCCC)CCCCCP. The van der Waals surface area contributed by atoms with Crippen LogP contribution in [0.3, 0.4) is 0 Å². The molecule has 0 rings (SSSR count). The highest BCUT2D eigenvalue weighted by atomic mass is 31.0. The minimum atomic E-state index is 1.04. The van der Waals surface area contributed by atoms with Gasteiger partial charge in [0.15, 0.2) is 0 Å². The van der Waals surface area contributed by atoms with Gasteiger partial charge in [-0.05, 0) is 18.5 Å². The van der Waals surface area contributed by atoms with Crippen molar-refractivity contribution in [1.29, 1.82) is 0 Å². The third-order valence-electron chi connectivity index (χ3n) is 3.75. The van der Waals surface area contributed by atoms with E-state index in [1.807, 2.05) is 0 Å². The van der Waals surface area contributed by atoms with Crippen LogP contribution in [0.4, 0.5) is 0 Å². The molecular weight excluding hydrogens is 223 g/mol. The van der Waals surface area contributed by atoms with Gasteiger partial charge in [-0.2, -0.15) is 0 Å². The summed E-state index contributed by atoms with van der Waals surface area (Å²) in [6.45, 7) is 4.62. The average molecular weight is 258 g/mol. The molecule has 1 heteroatoms. The lowest BCUT2D eigenvalue weighted by Crippen LogP contribution is -2.01. The summed E-state index contributed by atoms with van der Waals surface area (Å²) in [5.41, 5.74) is 0. The smallest absolute Gasteiger partial charge is 0.0381 e. The van der Waals surface area contributed by atoms with E-state index in [0.717, 1.165) is 5.92 Å². The zero-order valence-electron chi connectivity index (χ0n) is 12.3. The number of hydrogen-bond acceptors (Lipinski definition) is 0. The summed E-state index contributed by atoms with van der Waals surface area (Å²) in [6.07, 6.45) is 18.7. The van der Waals surface area contributed by atoms with E-state index in [-0.39, 0.29) is 0 Å². The monoisotopic (exact) mass is 258 g/mol. The first-order chi connectivity index (χ1) is 8.35. The zero-order chi connectivity index (χ0) is 12.8. The van der Waals surface area contributed by atoms with Crippen LogP contribution >= 0.6 is 9.24 Å². The van der Waals surface area contributed by atoms with E-state index >= 15 is 0 Å². The first-order valence-corrected chi connectivity index (χ1v) is 8.86. The third-order valence-corrected chi connectivity index (χ3v) is 4.16. The number of hydrogen-bond donors (Lipinski definition) is 0. The Morgan fingerprint density at radius 2 is 1.12 bits per heavy atom. The van der Waals surface area contributed by atoms with Gasteiger partial charge in [0.05, 0.1) is 0 Å². The van der Waals surface area contributed by atoms with Crippen LogP contribution in [0.5, 0.6) is 0 Å². The molecule has 0 saturated carbocycles. The predicted octanol–water partition coefficient (Wildman–Crippen LogP) is 6.20. The highest BCUT2D eigenvalue weighted by Gasteiger charge is 2.07. The predicted molar refractivity (Wildman–Crippen MR) is 84.8 cm³/mol. The largest absolute Gasteiger partial charge is 0.138 e. The molecule has 1 unspecified atom stereocenters. The van der Waals surface area contributed by atoms with Crippen molar-refractivity contribution in [1.82, 2.24) is 0 Å². The lowest BCUT2D eigenvalue weighted by atomic mass is 9.90. The molecule has 0 fully saturated rings. The van der Waals surface area contributed by atoms with E-state index in [2.05, 4.69) is 23.1 Å². The van der Waals surface area contributed by atoms with Crippen LogP contribution in [0.1, 0.15) is 90.9 Å². The molecule has 0 heterocycles. The second kappa shape index (κ2) is 14.5. The van der Waals surface area contributed by atoms with Crippen molar-refractivity contribution in [2.75, 3.05) is 6.16 Å². The fraction of sp³-hybridized carbons (Fsp3) is 1.00. The minimum absolute atomic E-state index is 1.04. The summed E-state index contributed by atoms with van der Waals surface area (Å²) < 4.78 is 0. The first-order valence-electron chi connectivity index (χ1n) is 8.05. The van der Waals surface area contributed by atoms with Gasteiger partial charge in [-0.3, -0.25) is 0 Å². The van der Waals surface area contributed by atoms with Crippen LogP contribution in [0.15, 0.2) is 0 Å². The molecular formula is C16H35P. The Labute approximate surface area is 113 Å². The molecule has 0 aromatic heterocycles. The van der Waals surface area contributed by atoms with Crippen molar-refractivity contribution < 1.29 is 0 Å². The van der Waals surface area contributed by atoms with E-state index < -0.39 is 0 Å². The topological polar surface area (TPSA) is 0 Å². The first kappa shape index (κ1) is 17.4. The normalized spacial score (nSPS) is 11.3. The maximum atomic E-state index is 2.84. The van der Waals surface area contributed by atoms with Gasteiger partial charge >= 0.3 is 0 Å². The Kier molecular flexibility index (Phi) is 14.9. The van der Waals surface area contributed by atoms with Crippen LogP contribution in [0, 0.1) is 5.92 Å². The van der Waals surface area contributed by atoms with Crippen LogP contribution in [-0.2, 0) is 0 Å². The van der Waals surface area contributed by atoms with Crippen molar-refractivity contribution in [3.05, 3.63) is 0 Å². The van der Waals surface area contributed by atoms with E-state index in [1.54, 1.807) is 0 Å². The van der Waals surface area contributed by atoms with E-state index in [4.69, 9.17) is 0 Å². The molecule has 0 aliphatic carbocycles.